The van der Waals surface area contributed by atoms with E-state index in [0.29, 0.717) is 16.6 Å². The maximum absolute atomic E-state index is 14.7. The van der Waals surface area contributed by atoms with Gasteiger partial charge in [0, 0.05) is 6.42 Å². The molecule has 156 valence electrons. The fourth-order valence-corrected chi connectivity index (χ4v) is 4.39. The molecule has 1 fully saturated rings. The van der Waals surface area contributed by atoms with Gasteiger partial charge in [-0.15, -0.1) is 0 Å². The van der Waals surface area contributed by atoms with E-state index in [1.165, 1.54) is 12.1 Å². The lowest BCUT2D eigenvalue weighted by atomic mass is 9.77. The van der Waals surface area contributed by atoms with Crippen molar-refractivity contribution in [3.05, 3.63) is 101 Å². The fraction of sp³-hybridized carbons (Fsp3) is 0.208. The Balaban J connectivity index is 1.48. The molecule has 3 atom stereocenters. The molecule has 2 heterocycles. The number of rotatable bonds is 4. The van der Waals surface area contributed by atoms with Crippen molar-refractivity contribution in [3.63, 3.8) is 0 Å². The second-order valence-electron chi connectivity index (χ2n) is 7.84. The summed E-state index contributed by atoms with van der Waals surface area (Å²) in [7, 11) is -1.07. The van der Waals surface area contributed by atoms with Crippen molar-refractivity contribution < 1.29 is 23.6 Å². The van der Waals surface area contributed by atoms with Gasteiger partial charge >= 0.3 is 13.1 Å². The molecule has 5 rings (SSSR count). The van der Waals surface area contributed by atoms with Crippen LogP contribution in [0.1, 0.15) is 34.4 Å². The van der Waals surface area contributed by atoms with Gasteiger partial charge in [-0.3, -0.25) is 10.1 Å². The van der Waals surface area contributed by atoms with E-state index in [2.05, 4.69) is 5.32 Å². The van der Waals surface area contributed by atoms with E-state index in [1.807, 2.05) is 60.7 Å². The van der Waals surface area contributed by atoms with Crippen LogP contribution < -0.4 is 10.8 Å². The molecule has 0 saturated carbocycles. The number of halogens is 1. The maximum Gasteiger partial charge on any atom is 0.491 e. The molecule has 0 unspecified atom stereocenters. The predicted molar refractivity (Wildman–Crippen MR) is 114 cm³/mol. The van der Waals surface area contributed by atoms with E-state index >= 15 is 0 Å². The molecule has 31 heavy (non-hydrogen) atoms. The van der Waals surface area contributed by atoms with E-state index in [1.54, 1.807) is 0 Å². The summed E-state index contributed by atoms with van der Waals surface area (Å²) in [4.78, 5) is 12.9. The van der Waals surface area contributed by atoms with Crippen LogP contribution in [-0.4, -0.2) is 24.2 Å². The maximum atomic E-state index is 14.7. The van der Waals surface area contributed by atoms with Crippen LogP contribution in [0, 0.1) is 5.82 Å². The van der Waals surface area contributed by atoms with Crippen LogP contribution in [0.15, 0.2) is 72.8 Å². The molecule has 2 N–H and O–H groups in total. The third-order valence-corrected chi connectivity index (χ3v) is 5.97. The molecular weight excluding hydrogens is 396 g/mol. The van der Waals surface area contributed by atoms with E-state index in [-0.39, 0.29) is 19.1 Å². The molecule has 3 aromatic rings. The summed E-state index contributed by atoms with van der Waals surface area (Å²) in [6.45, 7) is 0.111. The largest absolute Gasteiger partial charge is 0.491 e. The average molecular weight is 417 g/mol. The van der Waals surface area contributed by atoms with Crippen molar-refractivity contribution in [2.45, 2.75) is 31.2 Å². The molecule has 0 amide bonds. The summed E-state index contributed by atoms with van der Waals surface area (Å²) >= 11 is 0. The SMILES string of the molecule is O=C1O[C@H](c2ccccc2)[C@H](c2ccccc2)N[C@H]1Cc1c(F)ccc2c1COB2O. The standard InChI is InChI=1S/C24H21BFNO4/c26-20-12-11-19-18(14-30-25(19)29)17(20)13-21-24(28)31-23(16-9-5-2-6-10-16)22(27-21)15-7-3-1-4-8-15/h1-12,21-23,27,29H,13-14H2/t21-,22-,23+/m0/s1. The predicted octanol–water partition coefficient (Wildman–Crippen LogP) is 2.58. The Morgan fingerprint density at radius 2 is 1.68 bits per heavy atom. The molecule has 3 aromatic carbocycles. The van der Waals surface area contributed by atoms with E-state index in [4.69, 9.17) is 9.39 Å². The van der Waals surface area contributed by atoms with Crippen LogP contribution in [0.2, 0.25) is 0 Å². The van der Waals surface area contributed by atoms with Crippen molar-refractivity contribution in [3.8, 4) is 0 Å². The molecule has 0 spiro atoms. The van der Waals surface area contributed by atoms with Gasteiger partial charge in [-0.2, -0.15) is 0 Å². The van der Waals surface area contributed by atoms with Gasteiger partial charge in [0.05, 0.1) is 12.6 Å². The summed E-state index contributed by atoms with van der Waals surface area (Å²) in [5.41, 5.74) is 3.38. The summed E-state index contributed by atoms with van der Waals surface area (Å²) in [5, 5.41) is 13.4. The molecule has 0 bridgehead atoms. The second-order valence-corrected chi connectivity index (χ2v) is 7.84. The van der Waals surface area contributed by atoms with Crippen LogP contribution in [0.3, 0.4) is 0 Å². The number of carbonyl (C=O) groups excluding carboxylic acids is 1. The molecular formula is C24H21BFNO4. The molecule has 0 aromatic heterocycles. The number of hydrogen-bond acceptors (Lipinski definition) is 5. The lowest BCUT2D eigenvalue weighted by Gasteiger charge is -2.37. The monoisotopic (exact) mass is 417 g/mol. The van der Waals surface area contributed by atoms with Crippen molar-refractivity contribution in [1.29, 1.82) is 0 Å². The second kappa shape index (κ2) is 8.27. The molecule has 1 saturated heterocycles. The number of cyclic esters (lactones) is 1. The highest BCUT2D eigenvalue weighted by molar-refractivity contribution is 6.61. The van der Waals surface area contributed by atoms with Gasteiger partial charge in [-0.05, 0) is 33.8 Å². The Hall–Kier alpha value is -3.00. The van der Waals surface area contributed by atoms with Gasteiger partial charge in [0.25, 0.3) is 0 Å². The van der Waals surface area contributed by atoms with Gasteiger partial charge in [-0.25, -0.2) is 4.39 Å². The van der Waals surface area contributed by atoms with Gasteiger partial charge < -0.3 is 14.4 Å². The van der Waals surface area contributed by atoms with E-state index in [0.717, 1.165) is 11.1 Å². The first-order valence-electron chi connectivity index (χ1n) is 10.3. The first-order valence-corrected chi connectivity index (χ1v) is 10.3. The minimum atomic E-state index is -1.07. The number of benzene rings is 3. The van der Waals surface area contributed by atoms with Gasteiger partial charge in [0.2, 0.25) is 0 Å². The highest BCUT2D eigenvalue weighted by Crippen LogP contribution is 2.36. The quantitative estimate of drug-likeness (QED) is 0.505. The molecule has 0 aliphatic carbocycles. The highest BCUT2D eigenvalue weighted by atomic mass is 19.1. The minimum absolute atomic E-state index is 0.106. The zero-order chi connectivity index (χ0) is 21.4. The third-order valence-electron chi connectivity index (χ3n) is 5.97. The average Bonchev–Trinajstić information content (AvgIpc) is 3.18. The summed E-state index contributed by atoms with van der Waals surface area (Å²) in [6.07, 6.45) is -0.391. The number of nitrogens with one attached hydrogen (secondary N) is 1. The zero-order valence-electron chi connectivity index (χ0n) is 16.7. The first kappa shape index (κ1) is 19.9. The lowest BCUT2D eigenvalue weighted by molar-refractivity contribution is -0.161. The van der Waals surface area contributed by atoms with Gasteiger partial charge in [0.15, 0.2) is 0 Å². The Morgan fingerprint density at radius 3 is 2.39 bits per heavy atom. The molecule has 2 aliphatic rings. The van der Waals surface area contributed by atoms with Crippen molar-refractivity contribution in [1.82, 2.24) is 5.32 Å². The number of hydrogen-bond donors (Lipinski definition) is 2. The van der Waals surface area contributed by atoms with Crippen LogP contribution in [0.5, 0.6) is 0 Å². The Bertz CT molecular complexity index is 1100. The summed E-state index contributed by atoms with van der Waals surface area (Å²) < 4.78 is 25.9. The minimum Gasteiger partial charge on any atom is -0.454 e. The Labute approximate surface area is 180 Å². The number of fused-ring (bicyclic) bond motifs is 1. The number of esters is 1. The summed E-state index contributed by atoms with van der Waals surface area (Å²) in [5.74, 6) is -0.856. The Morgan fingerprint density at radius 1 is 1.00 bits per heavy atom. The highest BCUT2D eigenvalue weighted by Gasteiger charge is 2.40. The zero-order valence-corrected chi connectivity index (χ0v) is 16.7. The number of carbonyl (C=O) groups is 1. The molecule has 0 radical (unpaired) electrons. The number of ether oxygens (including phenoxy) is 1. The number of morpholine rings is 1. The van der Waals surface area contributed by atoms with Crippen molar-refractivity contribution in [2.24, 2.45) is 0 Å². The molecule has 2 aliphatic heterocycles. The third kappa shape index (κ3) is 3.76. The van der Waals surface area contributed by atoms with Crippen molar-refractivity contribution in [2.75, 3.05) is 0 Å². The summed E-state index contributed by atoms with van der Waals surface area (Å²) in [6, 6.07) is 21.2. The lowest BCUT2D eigenvalue weighted by Crippen LogP contribution is -2.50. The smallest absolute Gasteiger partial charge is 0.454 e. The topological polar surface area (TPSA) is 67.8 Å². The van der Waals surface area contributed by atoms with Crippen molar-refractivity contribution >= 4 is 18.6 Å². The van der Waals surface area contributed by atoms with Gasteiger partial charge in [0.1, 0.15) is 18.0 Å². The van der Waals surface area contributed by atoms with Crippen LogP contribution in [0.4, 0.5) is 4.39 Å². The fourth-order valence-electron chi connectivity index (χ4n) is 4.39. The molecule has 7 heteroatoms. The van der Waals surface area contributed by atoms with E-state index in [9.17, 15) is 14.2 Å². The van der Waals surface area contributed by atoms with Gasteiger partial charge in [-0.1, -0.05) is 66.7 Å². The first-order chi connectivity index (χ1) is 15.1. The Kier molecular flexibility index (Phi) is 5.32. The van der Waals surface area contributed by atoms with E-state index < -0.39 is 31.1 Å². The molecule has 5 nitrogen and oxygen atoms in total. The van der Waals surface area contributed by atoms with Crippen LogP contribution in [-0.2, 0) is 27.2 Å². The van der Waals surface area contributed by atoms with Crippen LogP contribution in [0.25, 0.3) is 0 Å². The van der Waals surface area contributed by atoms with Crippen LogP contribution >= 0.6 is 0 Å². The normalized spacial score (nSPS) is 22.8.